The van der Waals surface area contributed by atoms with Gasteiger partial charge in [0.1, 0.15) is 12.4 Å². The van der Waals surface area contributed by atoms with Gasteiger partial charge in [-0.1, -0.05) is 0 Å². The second-order valence-corrected chi connectivity index (χ2v) is 4.57. The van der Waals surface area contributed by atoms with E-state index < -0.39 is 23.8 Å². The normalized spacial score (nSPS) is 21.8. The summed E-state index contributed by atoms with van der Waals surface area (Å²) in [5.74, 6) is -1.92. The van der Waals surface area contributed by atoms with Crippen molar-refractivity contribution < 1.29 is 23.4 Å². The Morgan fingerprint density at radius 2 is 2.25 bits per heavy atom. The molecule has 7 heteroatoms. The lowest BCUT2D eigenvalue weighted by Crippen LogP contribution is -2.41. The van der Waals surface area contributed by atoms with Gasteiger partial charge in [-0.05, 0) is 18.6 Å². The fourth-order valence-electron chi connectivity index (χ4n) is 1.95. The van der Waals surface area contributed by atoms with Crippen molar-refractivity contribution in [1.82, 2.24) is 10.6 Å². The van der Waals surface area contributed by atoms with E-state index in [1.165, 1.54) is 6.07 Å². The maximum Gasteiger partial charge on any atom is 0.237 e. The van der Waals surface area contributed by atoms with Gasteiger partial charge in [-0.25, -0.2) is 8.78 Å². The summed E-state index contributed by atoms with van der Waals surface area (Å²) in [6, 6.07) is 2.85. The Hall–Kier alpha value is -1.73. The molecule has 5 nitrogen and oxygen atoms in total. The van der Waals surface area contributed by atoms with Crippen LogP contribution in [-0.2, 0) is 4.79 Å². The van der Waals surface area contributed by atoms with Crippen LogP contribution in [0.5, 0.6) is 5.75 Å². The Labute approximate surface area is 114 Å². The third kappa shape index (κ3) is 3.88. The zero-order valence-corrected chi connectivity index (χ0v) is 10.7. The Balaban J connectivity index is 1.68. The molecule has 1 amide bonds. The molecule has 0 bridgehead atoms. The number of halogens is 2. The molecule has 0 spiro atoms. The monoisotopic (exact) mass is 286 g/mol. The number of benzene rings is 1. The summed E-state index contributed by atoms with van der Waals surface area (Å²) in [5.41, 5.74) is 0. The highest BCUT2D eigenvalue weighted by atomic mass is 19.2. The van der Waals surface area contributed by atoms with E-state index in [1.54, 1.807) is 0 Å². The van der Waals surface area contributed by atoms with Crippen LogP contribution in [0.4, 0.5) is 8.78 Å². The summed E-state index contributed by atoms with van der Waals surface area (Å²) in [6.07, 6.45) is -0.111. The fraction of sp³-hybridized carbons (Fsp3) is 0.462. The van der Waals surface area contributed by atoms with E-state index in [9.17, 15) is 18.7 Å². The second kappa shape index (κ2) is 6.62. The van der Waals surface area contributed by atoms with Crippen molar-refractivity contribution in [3.05, 3.63) is 29.8 Å². The highest BCUT2D eigenvalue weighted by Gasteiger charge is 2.27. The van der Waals surface area contributed by atoms with E-state index in [0.29, 0.717) is 13.0 Å². The number of β-amino-alcohol motifs (C(OH)–C–C–N with tert-alkyl or cyclic N) is 1. The average Bonchev–Trinajstić information content (AvgIpc) is 2.85. The molecule has 1 aliphatic heterocycles. The maximum absolute atomic E-state index is 12.9. The van der Waals surface area contributed by atoms with Gasteiger partial charge in [0.2, 0.25) is 5.91 Å². The van der Waals surface area contributed by atoms with Crippen LogP contribution in [0.25, 0.3) is 0 Å². The van der Waals surface area contributed by atoms with Crippen LogP contribution in [0, 0.1) is 11.6 Å². The number of amides is 1. The minimum Gasteiger partial charge on any atom is -0.492 e. The third-order valence-corrected chi connectivity index (χ3v) is 2.99. The standard InChI is InChI=1S/C13H16F2N2O3/c14-10-2-1-9(6-11(10)15)20-4-3-16-13(19)12-5-8(18)7-17-12/h1-2,6,8,12,17-18H,3-5,7H2,(H,16,19). The van der Waals surface area contributed by atoms with Gasteiger partial charge in [0, 0.05) is 12.6 Å². The molecule has 2 atom stereocenters. The van der Waals surface area contributed by atoms with Crippen LogP contribution in [0.2, 0.25) is 0 Å². The molecule has 1 aromatic rings. The molecule has 2 rings (SSSR count). The topological polar surface area (TPSA) is 70.6 Å². The van der Waals surface area contributed by atoms with Gasteiger partial charge in [-0.3, -0.25) is 4.79 Å². The Morgan fingerprint density at radius 1 is 1.45 bits per heavy atom. The summed E-state index contributed by atoms with van der Waals surface area (Å²) in [5, 5.41) is 14.8. The van der Waals surface area contributed by atoms with Crippen molar-refractivity contribution in [2.45, 2.75) is 18.6 Å². The third-order valence-electron chi connectivity index (χ3n) is 2.99. The minimum absolute atomic E-state index is 0.145. The molecule has 1 heterocycles. The van der Waals surface area contributed by atoms with Crippen LogP contribution < -0.4 is 15.4 Å². The molecular formula is C13H16F2N2O3. The van der Waals surface area contributed by atoms with Crippen molar-refractivity contribution in [3.63, 3.8) is 0 Å². The van der Waals surface area contributed by atoms with E-state index in [-0.39, 0.29) is 24.8 Å². The Bertz CT molecular complexity index is 485. The van der Waals surface area contributed by atoms with Crippen molar-refractivity contribution in [2.75, 3.05) is 19.7 Å². The minimum atomic E-state index is -0.976. The van der Waals surface area contributed by atoms with Gasteiger partial charge in [0.15, 0.2) is 11.6 Å². The number of aliphatic hydroxyl groups is 1. The molecule has 0 radical (unpaired) electrons. The summed E-state index contributed by atoms with van der Waals surface area (Å²) < 4.78 is 30.8. The van der Waals surface area contributed by atoms with Crippen LogP contribution in [0.15, 0.2) is 18.2 Å². The maximum atomic E-state index is 12.9. The number of carbonyl (C=O) groups is 1. The number of hydrogen-bond donors (Lipinski definition) is 3. The van der Waals surface area contributed by atoms with Crippen molar-refractivity contribution in [1.29, 1.82) is 0 Å². The summed E-state index contributed by atoms with van der Waals surface area (Å²) in [6.45, 7) is 0.793. The van der Waals surface area contributed by atoms with Crippen molar-refractivity contribution in [2.24, 2.45) is 0 Å². The summed E-state index contributed by atoms with van der Waals surface area (Å²) in [4.78, 5) is 11.7. The highest BCUT2D eigenvalue weighted by molar-refractivity contribution is 5.82. The van der Waals surface area contributed by atoms with Crippen LogP contribution >= 0.6 is 0 Å². The second-order valence-electron chi connectivity index (χ2n) is 4.57. The molecule has 1 fully saturated rings. The Kier molecular flexibility index (Phi) is 4.86. The molecule has 0 saturated carbocycles. The van der Waals surface area contributed by atoms with Crippen molar-refractivity contribution in [3.8, 4) is 5.75 Å². The molecule has 0 aliphatic carbocycles. The quantitative estimate of drug-likeness (QED) is 0.676. The fourth-order valence-corrected chi connectivity index (χ4v) is 1.95. The molecule has 0 aromatic heterocycles. The van der Waals surface area contributed by atoms with Gasteiger partial charge in [0.25, 0.3) is 0 Å². The lowest BCUT2D eigenvalue weighted by Gasteiger charge is -2.11. The molecule has 110 valence electrons. The first-order chi connectivity index (χ1) is 9.56. The predicted octanol–water partition coefficient (Wildman–Crippen LogP) is 0.183. The smallest absolute Gasteiger partial charge is 0.237 e. The largest absolute Gasteiger partial charge is 0.492 e. The van der Waals surface area contributed by atoms with E-state index >= 15 is 0 Å². The summed E-state index contributed by atoms with van der Waals surface area (Å²) >= 11 is 0. The zero-order chi connectivity index (χ0) is 14.5. The number of carbonyl (C=O) groups excluding carboxylic acids is 1. The van der Waals surface area contributed by atoms with Crippen LogP contribution in [0.1, 0.15) is 6.42 Å². The zero-order valence-electron chi connectivity index (χ0n) is 10.7. The van der Waals surface area contributed by atoms with Gasteiger partial charge in [-0.2, -0.15) is 0 Å². The lowest BCUT2D eigenvalue weighted by molar-refractivity contribution is -0.123. The summed E-state index contributed by atoms with van der Waals surface area (Å²) in [7, 11) is 0. The van der Waals surface area contributed by atoms with Gasteiger partial charge in [-0.15, -0.1) is 0 Å². The van der Waals surface area contributed by atoms with Gasteiger partial charge in [0.05, 0.1) is 18.7 Å². The molecule has 1 saturated heterocycles. The van der Waals surface area contributed by atoms with Gasteiger partial charge >= 0.3 is 0 Å². The predicted molar refractivity (Wildman–Crippen MR) is 67.3 cm³/mol. The molecule has 1 aromatic carbocycles. The van der Waals surface area contributed by atoms with E-state index in [1.807, 2.05) is 0 Å². The number of rotatable bonds is 5. The number of nitrogens with one attached hydrogen (secondary N) is 2. The first-order valence-corrected chi connectivity index (χ1v) is 6.33. The average molecular weight is 286 g/mol. The van der Waals surface area contributed by atoms with E-state index in [2.05, 4.69) is 10.6 Å². The Morgan fingerprint density at radius 3 is 2.90 bits per heavy atom. The first-order valence-electron chi connectivity index (χ1n) is 6.33. The van der Waals surface area contributed by atoms with Crippen LogP contribution in [0.3, 0.4) is 0 Å². The molecular weight excluding hydrogens is 270 g/mol. The SMILES string of the molecule is O=C(NCCOc1ccc(F)c(F)c1)C1CC(O)CN1. The number of hydrogen-bond acceptors (Lipinski definition) is 4. The van der Waals surface area contributed by atoms with E-state index in [4.69, 9.17) is 4.74 Å². The number of aliphatic hydroxyl groups excluding tert-OH is 1. The van der Waals surface area contributed by atoms with Crippen molar-refractivity contribution >= 4 is 5.91 Å². The first kappa shape index (κ1) is 14.7. The van der Waals surface area contributed by atoms with Crippen LogP contribution in [-0.4, -0.2) is 42.9 Å². The highest BCUT2D eigenvalue weighted by Crippen LogP contribution is 2.15. The molecule has 2 unspecified atom stereocenters. The lowest BCUT2D eigenvalue weighted by atomic mass is 10.2. The molecule has 3 N–H and O–H groups in total. The molecule has 20 heavy (non-hydrogen) atoms. The van der Waals surface area contributed by atoms with Gasteiger partial charge < -0.3 is 20.5 Å². The molecule has 1 aliphatic rings. The number of ether oxygens (including phenoxy) is 1. The van der Waals surface area contributed by atoms with E-state index in [0.717, 1.165) is 12.1 Å².